The number of halogens is 1. The molecule has 4 aromatic rings. The maximum Gasteiger partial charge on any atom is 0.253 e. The number of fused-ring (bicyclic) bond motifs is 1. The van der Waals surface area contributed by atoms with E-state index in [4.69, 9.17) is 16.6 Å². The van der Waals surface area contributed by atoms with E-state index in [0.29, 0.717) is 6.54 Å². The van der Waals surface area contributed by atoms with E-state index in [9.17, 15) is 4.79 Å². The molecule has 0 aliphatic carbocycles. The third kappa shape index (κ3) is 5.15. The highest BCUT2D eigenvalue weighted by Crippen LogP contribution is 2.26. The first-order valence-corrected chi connectivity index (χ1v) is 12.5. The predicted molar refractivity (Wildman–Crippen MR) is 142 cm³/mol. The number of carbonyl (C=O) groups is 1. The summed E-state index contributed by atoms with van der Waals surface area (Å²) < 4.78 is 0. The fraction of sp³-hybridized carbons (Fsp3) is 0.276. The Morgan fingerprint density at radius 3 is 2.46 bits per heavy atom. The van der Waals surface area contributed by atoms with Crippen molar-refractivity contribution in [2.24, 2.45) is 0 Å². The smallest absolute Gasteiger partial charge is 0.253 e. The lowest BCUT2D eigenvalue weighted by Gasteiger charge is -2.26. The van der Waals surface area contributed by atoms with Crippen LogP contribution in [0.25, 0.3) is 10.8 Å². The molecule has 1 amide bonds. The van der Waals surface area contributed by atoms with Gasteiger partial charge in [-0.05, 0) is 60.9 Å². The average Bonchev–Trinajstić information content (AvgIpc) is 3.12. The van der Waals surface area contributed by atoms with Crippen molar-refractivity contribution in [3.8, 4) is 0 Å². The van der Waals surface area contributed by atoms with Gasteiger partial charge in [-0.15, -0.1) is 0 Å². The summed E-state index contributed by atoms with van der Waals surface area (Å²) in [6, 6.07) is 22.1. The average molecular weight is 485 g/mol. The topological polar surface area (TPSA) is 49.3 Å². The molecule has 5 nitrogen and oxygen atoms in total. The van der Waals surface area contributed by atoms with Gasteiger partial charge in [-0.25, -0.2) is 9.97 Å². The van der Waals surface area contributed by atoms with E-state index < -0.39 is 0 Å². The van der Waals surface area contributed by atoms with Crippen molar-refractivity contribution in [1.82, 2.24) is 14.9 Å². The van der Waals surface area contributed by atoms with E-state index >= 15 is 0 Å². The maximum absolute atomic E-state index is 13.4. The van der Waals surface area contributed by atoms with Gasteiger partial charge >= 0.3 is 0 Å². The molecule has 0 unspecified atom stereocenters. The lowest BCUT2D eigenvalue weighted by Crippen LogP contribution is -2.35. The van der Waals surface area contributed by atoms with Crippen LogP contribution in [0.4, 0.5) is 5.82 Å². The van der Waals surface area contributed by atoms with Gasteiger partial charge in [-0.1, -0.05) is 54.1 Å². The monoisotopic (exact) mass is 484 g/mol. The summed E-state index contributed by atoms with van der Waals surface area (Å²) in [6.07, 6.45) is 1.64. The second kappa shape index (κ2) is 10.0. The molecule has 2 heterocycles. The second-order valence-electron chi connectivity index (χ2n) is 9.16. The Bertz CT molecular complexity index is 1370. The molecule has 6 heteroatoms. The summed E-state index contributed by atoms with van der Waals surface area (Å²) >= 11 is 6.08. The van der Waals surface area contributed by atoms with Crippen molar-refractivity contribution in [2.45, 2.75) is 26.7 Å². The molecule has 35 heavy (non-hydrogen) atoms. The molecule has 3 aromatic carbocycles. The zero-order valence-electron chi connectivity index (χ0n) is 20.2. The molecule has 0 radical (unpaired) electrons. The Morgan fingerprint density at radius 1 is 0.886 bits per heavy atom. The van der Waals surface area contributed by atoms with Gasteiger partial charge in [-0.3, -0.25) is 4.79 Å². The highest BCUT2D eigenvalue weighted by molar-refractivity contribution is 6.30. The summed E-state index contributed by atoms with van der Waals surface area (Å²) in [5.74, 6) is 1.84. The first-order chi connectivity index (χ1) is 17.0. The van der Waals surface area contributed by atoms with Gasteiger partial charge in [0.1, 0.15) is 11.6 Å². The van der Waals surface area contributed by atoms with E-state index in [0.717, 1.165) is 76.7 Å². The Labute approximate surface area is 211 Å². The molecule has 178 valence electrons. The summed E-state index contributed by atoms with van der Waals surface area (Å²) in [5.41, 5.74) is 4.05. The van der Waals surface area contributed by atoms with E-state index in [-0.39, 0.29) is 5.91 Å². The van der Waals surface area contributed by atoms with Crippen LogP contribution in [0.2, 0.25) is 5.02 Å². The molecule has 0 saturated carbocycles. The summed E-state index contributed by atoms with van der Waals surface area (Å²) in [7, 11) is 0. The minimum Gasteiger partial charge on any atom is -0.354 e. The number of carbonyl (C=O) groups excluding carboxylic acids is 1. The van der Waals surface area contributed by atoms with Crippen molar-refractivity contribution < 1.29 is 4.79 Å². The SMILES string of the molecule is Cc1nc(C)c(Cc2ccc(Cl)cc2)c(N2CCCN(C(=O)c3ccc4ccccc4c3)CC2)n1. The second-order valence-corrected chi connectivity index (χ2v) is 9.59. The summed E-state index contributed by atoms with van der Waals surface area (Å²) in [5, 5.41) is 2.97. The van der Waals surface area contributed by atoms with Crippen molar-refractivity contribution in [2.75, 3.05) is 31.1 Å². The Hall–Kier alpha value is -3.44. The van der Waals surface area contributed by atoms with Gasteiger partial charge < -0.3 is 9.80 Å². The zero-order valence-corrected chi connectivity index (χ0v) is 20.9. The molecular formula is C29H29ClN4O. The van der Waals surface area contributed by atoms with Crippen LogP contribution in [-0.4, -0.2) is 47.0 Å². The quantitative estimate of drug-likeness (QED) is 0.365. The molecule has 1 saturated heterocycles. The molecule has 5 rings (SSSR count). The number of aryl methyl sites for hydroxylation is 2. The number of anilines is 1. The van der Waals surface area contributed by atoms with Gasteiger partial charge in [0.15, 0.2) is 0 Å². The van der Waals surface area contributed by atoms with Crippen LogP contribution in [0.15, 0.2) is 66.7 Å². The van der Waals surface area contributed by atoms with E-state index in [1.807, 2.05) is 54.3 Å². The van der Waals surface area contributed by atoms with Crippen LogP contribution in [0.5, 0.6) is 0 Å². The largest absolute Gasteiger partial charge is 0.354 e. The minimum atomic E-state index is 0.0917. The number of benzene rings is 3. The number of nitrogens with zero attached hydrogens (tertiary/aromatic N) is 4. The van der Waals surface area contributed by atoms with Crippen LogP contribution in [0.1, 0.15) is 39.4 Å². The highest BCUT2D eigenvalue weighted by Gasteiger charge is 2.24. The first-order valence-electron chi connectivity index (χ1n) is 12.1. The normalized spacial score (nSPS) is 14.3. The Kier molecular flexibility index (Phi) is 6.69. The third-order valence-corrected chi connectivity index (χ3v) is 6.93. The Morgan fingerprint density at radius 2 is 1.66 bits per heavy atom. The van der Waals surface area contributed by atoms with E-state index in [1.54, 1.807) is 0 Å². The fourth-order valence-electron chi connectivity index (χ4n) is 4.83. The summed E-state index contributed by atoms with van der Waals surface area (Å²) in [6.45, 7) is 6.98. The van der Waals surface area contributed by atoms with Gasteiger partial charge in [0.2, 0.25) is 0 Å². The van der Waals surface area contributed by atoms with Crippen LogP contribution < -0.4 is 4.90 Å². The van der Waals surface area contributed by atoms with Crippen LogP contribution >= 0.6 is 11.6 Å². The molecule has 1 aliphatic heterocycles. The highest BCUT2D eigenvalue weighted by atomic mass is 35.5. The molecule has 0 bridgehead atoms. The minimum absolute atomic E-state index is 0.0917. The van der Waals surface area contributed by atoms with Crippen LogP contribution in [-0.2, 0) is 6.42 Å². The van der Waals surface area contributed by atoms with Crippen molar-refractivity contribution in [3.05, 3.63) is 100.0 Å². The molecule has 0 N–H and O–H groups in total. The number of hydrogen-bond donors (Lipinski definition) is 0. The predicted octanol–water partition coefficient (Wildman–Crippen LogP) is 5.84. The molecule has 1 aliphatic rings. The van der Waals surface area contributed by atoms with E-state index in [1.165, 1.54) is 5.56 Å². The van der Waals surface area contributed by atoms with Crippen LogP contribution in [0, 0.1) is 13.8 Å². The molecule has 0 atom stereocenters. The fourth-order valence-corrected chi connectivity index (χ4v) is 4.96. The number of aromatic nitrogens is 2. The third-order valence-electron chi connectivity index (χ3n) is 6.68. The van der Waals surface area contributed by atoms with Crippen molar-refractivity contribution in [3.63, 3.8) is 0 Å². The van der Waals surface area contributed by atoms with Gasteiger partial charge in [0, 0.05) is 54.4 Å². The molecule has 0 spiro atoms. The summed E-state index contributed by atoms with van der Waals surface area (Å²) in [4.78, 5) is 27.2. The molecule has 1 fully saturated rings. The lowest BCUT2D eigenvalue weighted by molar-refractivity contribution is 0.0767. The number of hydrogen-bond acceptors (Lipinski definition) is 4. The standard InChI is InChI=1S/C29H29ClN4O/c1-20-27(18-22-8-12-26(30)13-9-22)28(32-21(2)31-20)33-14-5-15-34(17-16-33)29(35)25-11-10-23-6-3-4-7-24(23)19-25/h3-4,6-13,19H,5,14-18H2,1-2H3. The van der Waals surface area contributed by atoms with E-state index in [2.05, 4.69) is 41.1 Å². The molecular weight excluding hydrogens is 456 g/mol. The molecule has 1 aromatic heterocycles. The number of rotatable bonds is 4. The van der Waals surface area contributed by atoms with Crippen molar-refractivity contribution in [1.29, 1.82) is 0 Å². The Balaban J connectivity index is 1.36. The van der Waals surface area contributed by atoms with Gasteiger partial charge in [0.05, 0.1) is 0 Å². The lowest BCUT2D eigenvalue weighted by atomic mass is 10.0. The van der Waals surface area contributed by atoms with Crippen LogP contribution in [0.3, 0.4) is 0 Å². The van der Waals surface area contributed by atoms with Gasteiger partial charge in [-0.2, -0.15) is 0 Å². The van der Waals surface area contributed by atoms with Crippen molar-refractivity contribution >= 4 is 34.1 Å². The maximum atomic E-state index is 13.4. The zero-order chi connectivity index (χ0) is 24.4. The number of amides is 1. The first kappa shape index (κ1) is 23.3. The van der Waals surface area contributed by atoms with Gasteiger partial charge in [0.25, 0.3) is 5.91 Å².